The monoisotopic (exact) mass is 289 g/mol. The number of aryl methyl sites for hydroxylation is 2. The Morgan fingerprint density at radius 1 is 1.15 bits per heavy atom. The van der Waals surface area contributed by atoms with Gasteiger partial charge < -0.3 is 10.4 Å². The highest BCUT2D eigenvalue weighted by Gasteiger charge is 2.09. The molecule has 0 bridgehead atoms. The van der Waals surface area contributed by atoms with Crippen molar-refractivity contribution in [2.45, 2.75) is 20.4 Å². The number of nitrogens with one attached hydrogen (secondary N) is 1. The lowest BCUT2D eigenvalue weighted by atomic mass is 10.1. The quantitative estimate of drug-likeness (QED) is 0.884. The van der Waals surface area contributed by atoms with E-state index in [-0.39, 0.29) is 10.6 Å². The van der Waals surface area contributed by atoms with Crippen molar-refractivity contribution in [3.8, 4) is 0 Å². The maximum Gasteiger partial charge on any atom is 0.337 e. The van der Waals surface area contributed by atoms with Gasteiger partial charge in [0.2, 0.25) is 0 Å². The predicted octanol–water partition coefficient (Wildman–Crippen LogP) is 4.27. The second-order valence-electron chi connectivity index (χ2n) is 4.77. The van der Waals surface area contributed by atoms with E-state index in [1.807, 2.05) is 0 Å². The molecule has 0 amide bonds. The van der Waals surface area contributed by atoms with E-state index in [4.69, 9.17) is 16.7 Å². The third-order valence-corrected chi connectivity index (χ3v) is 3.59. The molecule has 0 aromatic heterocycles. The topological polar surface area (TPSA) is 49.3 Å². The number of benzene rings is 2. The molecular formula is C16H16ClNO2. The van der Waals surface area contributed by atoms with Gasteiger partial charge >= 0.3 is 5.97 Å². The first-order valence-corrected chi connectivity index (χ1v) is 6.68. The largest absolute Gasteiger partial charge is 0.478 e. The highest BCUT2D eigenvalue weighted by atomic mass is 35.5. The van der Waals surface area contributed by atoms with Gasteiger partial charge in [0.05, 0.1) is 10.6 Å². The van der Waals surface area contributed by atoms with Crippen LogP contribution in [0.5, 0.6) is 0 Å². The molecule has 20 heavy (non-hydrogen) atoms. The van der Waals surface area contributed by atoms with Gasteiger partial charge in [0.15, 0.2) is 0 Å². The van der Waals surface area contributed by atoms with E-state index in [1.165, 1.54) is 11.1 Å². The molecule has 0 aliphatic carbocycles. The standard InChI is InChI=1S/C16H16ClNO2/c1-10-3-4-12(7-11(10)2)9-18-13-5-6-15(17)14(8-13)16(19)20/h3-8,18H,9H2,1-2H3,(H,19,20). The van der Waals surface area contributed by atoms with Gasteiger partial charge in [-0.25, -0.2) is 4.79 Å². The van der Waals surface area contributed by atoms with Crippen molar-refractivity contribution in [2.24, 2.45) is 0 Å². The van der Waals surface area contributed by atoms with E-state index in [1.54, 1.807) is 18.2 Å². The summed E-state index contributed by atoms with van der Waals surface area (Å²) in [5.74, 6) is -1.02. The highest BCUT2D eigenvalue weighted by molar-refractivity contribution is 6.33. The summed E-state index contributed by atoms with van der Waals surface area (Å²) in [6, 6.07) is 11.2. The van der Waals surface area contributed by atoms with Crippen LogP contribution in [-0.4, -0.2) is 11.1 Å². The second kappa shape index (κ2) is 5.97. The van der Waals surface area contributed by atoms with Gasteiger partial charge in [-0.15, -0.1) is 0 Å². The van der Waals surface area contributed by atoms with Crippen LogP contribution in [0.3, 0.4) is 0 Å². The third-order valence-electron chi connectivity index (χ3n) is 3.26. The highest BCUT2D eigenvalue weighted by Crippen LogP contribution is 2.21. The van der Waals surface area contributed by atoms with Crippen LogP contribution in [0, 0.1) is 13.8 Å². The molecule has 2 N–H and O–H groups in total. The Hall–Kier alpha value is -2.00. The normalized spacial score (nSPS) is 10.3. The van der Waals surface area contributed by atoms with Crippen LogP contribution in [0.4, 0.5) is 5.69 Å². The second-order valence-corrected chi connectivity index (χ2v) is 5.18. The summed E-state index contributed by atoms with van der Waals surface area (Å²) in [5.41, 5.74) is 4.50. The molecular weight excluding hydrogens is 274 g/mol. The van der Waals surface area contributed by atoms with Gasteiger partial charge in [-0.1, -0.05) is 29.8 Å². The fourth-order valence-electron chi connectivity index (χ4n) is 1.92. The molecule has 104 valence electrons. The van der Waals surface area contributed by atoms with E-state index in [9.17, 15) is 4.79 Å². The molecule has 0 radical (unpaired) electrons. The van der Waals surface area contributed by atoms with E-state index in [0.717, 1.165) is 11.3 Å². The van der Waals surface area contributed by atoms with Crippen molar-refractivity contribution >= 4 is 23.3 Å². The first kappa shape index (κ1) is 14.4. The van der Waals surface area contributed by atoms with Gasteiger partial charge in [0, 0.05) is 12.2 Å². The lowest BCUT2D eigenvalue weighted by Gasteiger charge is -2.10. The molecule has 2 aromatic rings. The number of rotatable bonds is 4. The molecule has 0 unspecified atom stereocenters. The van der Waals surface area contributed by atoms with Crippen LogP contribution in [0.25, 0.3) is 0 Å². The molecule has 0 fully saturated rings. The summed E-state index contributed by atoms with van der Waals surface area (Å²) in [5, 5.41) is 12.5. The molecule has 0 saturated heterocycles. The molecule has 3 nitrogen and oxygen atoms in total. The molecule has 0 atom stereocenters. The zero-order valence-electron chi connectivity index (χ0n) is 11.4. The van der Waals surface area contributed by atoms with Crippen molar-refractivity contribution < 1.29 is 9.90 Å². The molecule has 2 rings (SSSR count). The number of hydrogen-bond donors (Lipinski definition) is 2. The van der Waals surface area contributed by atoms with Crippen molar-refractivity contribution in [1.29, 1.82) is 0 Å². The minimum atomic E-state index is -1.02. The van der Waals surface area contributed by atoms with Crippen LogP contribution >= 0.6 is 11.6 Å². The first-order chi connectivity index (χ1) is 9.47. The lowest BCUT2D eigenvalue weighted by molar-refractivity contribution is 0.0697. The Bertz CT molecular complexity index is 653. The minimum absolute atomic E-state index is 0.108. The zero-order chi connectivity index (χ0) is 14.7. The number of aromatic carboxylic acids is 1. The van der Waals surface area contributed by atoms with E-state index in [2.05, 4.69) is 37.4 Å². The number of hydrogen-bond acceptors (Lipinski definition) is 2. The third kappa shape index (κ3) is 3.31. The lowest BCUT2D eigenvalue weighted by Crippen LogP contribution is -2.03. The van der Waals surface area contributed by atoms with Crippen molar-refractivity contribution in [1.82, 2.24) is 0 Å². The summed E-state index contributed by atoms with van der Waals surface area (Å²) in [4.78, 5) is 11.0. The Labute approximate surface area is 123 Å². The molecule has 0 heterocycles. The summed E-state index contributed by atoms with van der Waals surface area (Å²) in [7, 11) is 0. The van der Waals surface area contributed by atoms with Gasteiger partial charge in [-0.3, -0.25) is 0 Å². The van der Waals surface area contributed by atoms with Crippen LogP contribution in [0.15, 0.2) is 36.4 Å². The van der Waals surface area contributed by atoms with Crippen molar-refractivity contribution in [3.05, 3.63) is 63.7 Å². The maximum absolute atomic E-state index is 11.0. The molecule has 0 aliphatic heterocycles. The van der Waals surface area contributed by atoms with E-state index < -0.39 is 5.97 Å². The van der Waals surface area contributed by atoms with Crippen LogP contribution < -0.4 is 5.32 Å². The summed E-state index contributed by atoms with van der Waals surface area (Å²) in [6.07, 6.45) is 0. The Morgan fingerprint density at radius 3 is 2.55 bits per heavy atom. The number of carboxylic acids is 1. The molecule has 4 heteroatoms. The van der Waals surface area contributed by atoms with Crippen LogP contribution in [0.1, 0.15) is 27.0 Å². The molecule has 0 spiro atoms. The average Bonchev–Trinajstić information content (AvgIpc) is 2.41. The minimum Gasteiger partial charge on any atom is -0.478 e. The predicted molar refractivity (Wildman–Crippen MR) is 81.7 cm³/mol. The van der Waals surface area contributed by atoms with Crippen LogP contribution in [0.2, 0.25) is 5.02 Å². The van der Waals surface area contributed by atoms with E-state index in [0.29, 0.717) is 6.54 Å². The van der Waals surface area contributed by atoms with Gasteiger partial charge in [-0.05, 0) is 48.7 Å². The smallest absolute Gasteiger partial charge is 0.337 e. The van der Waals surface area contributed by atoms with Crippen LogP contribution in [-0.2, 0) is 6.54 Å². The summed E-state index contributed by atoms with van der Waals surface area (Å²) < 4.78 is 0. The summed E-state index contributed by atoms with van der Waals surface area (Å²) >= 11 is 5.84. The number of carbonyl (C=O) groups is 1. The molecule has 0 saturated carbocycles. The number of carboxylic acid groups (broad SMARTS) is 1. The Kier molecular flexibility index (Phi) is 4.30. The molecule has 0 aliphatic rings. The average molecular weight is 290 g/mol. The van der Waals surface area contributed by atoms with Gasteiger partial charge in [-0.2, -0.15) is 0 Å². The fraction of sp³-hybridized carbons (Fsp3) is 0.188. The van der Waals surface area contributed by atoms with E-state index >= 15 is 0 Å². The van der Waals surface area contributed by atoms with Gasteiger partial charge in [0.25, 0.3) is 0 Å². The summed E-state index contributed by atoms with van der Waals surface area (Å²) in [6.45, 7) is 4.79. The zero-order valence-corrected chi connectivity index (χ0v) is 12.2. The number of anilines is 1. The van der Waals surface area contributed by atoms with Crippen molar-refractivity contribution in [2.75, 3.05) is 5.32 Å². The first-order valence-electron chi connectivity index (χ1n) is 6.30. The van der Waals surface area contributed by atoms with Gasteiger partial charge in [0.1, 0.15) is 0 Å². The molecule has 2 aromatic carbocycles. The SMILES string of the molecule is Cc1ccc(CNc2ccc(Cl)c(C(=O)O)c2)cc1C. The number of halogens is 1. The Morgan fingerprint density at radius 2 is 1.90 bits per heavy atom. The maximum atomic E-state index is 11.0. The fourth-order valence-corrected chi connectivity index (χ4v) is 2.12. The van der Waals surface area contributed by atoms with Crippen molar-refractivity contribution in [3.63, 3.8) is 0 Å². The Balaban J connectivity index is 2.12.